The van der Waals surface area contributed by atoms with Crippen LogP contribution in [0.25, 0.3) is 0 Å². The summed E-state index contributed by atoms with van der Waals surface area (Å²) < 4.78 is 4.83. The third-order valence-corrected chi connectivity index (χ3v) is 2.75. The molecule has 1 rings (SSSR count). The molecule has 7 nitrogen and oxygen atoms in total. The lowest BCUT2D eigenvalue weighted by atomic mass is 10.1. The van der Waals surface area contributed by atoms with E-state index >= 15 is 0 Å². The second kappa shape index (κ2) is 6.95. The number of ether oxygens (including phenoxy) is 1. The summed E-state index contributed by atoms with van der Waals surface area (Å²) in [6.45, 7) is 1.08. The number of nitrogens with one attached hydrogen (secondary N) is 1. The molecule has 1 unspecified atom stereocenters. The number of nitrogens with zero attached hydrogens (tertiary/aromatic N) is 1. The second-order valence-corrected chi connectivity index (χ2v) is 4.21. The molecule has 2 amide bonds. The van der Waals surface area contributed by atoms with Crippen LogP contribution in [-0.2, 0) is 19.1 Å². The first-order valence-corrected chi connectivity index (χ1v) is 5.80. The molecule has 0 bridgehead atoms. The molecule has 1 saturated heterocycles. The van der Waals surface area contributed by atoms with Crippen molar-refractivity contribution in [1.82, 2.24) is 10.2 Å². The minimum Gasteiger partial charge on any atom is -0.481 e. The van der Waals surface area contributed by atoms with Crippen molar-refractivity contribution < 1.29 is 24.2 Å². The molecule has 1 fully saturated rings. The predicted octanol–water partition coefficient (Wildman–Crippen LogP) is -0.928. The van der Waals surface area contributed by atoms with Gasteiger partial charge in [0.1, 0.15) is 0 Å². The number of amides is 2. The topological polar surface area (TPSA) is 95.9 Å². The van der Waals surface area contributed by atoms with Crippen molar-refractivity contribution in [2.45, 2.75) is 12.8 Å². The van der Waals surface area contributed by atoms with Gasteiger partial charge < -0.3 is 20.1 Å². The SMILES string of the molecule is COCCCNC(=O)CN1CC(C(=O)O)CC1=O. The third-order valence-electron chi connectivity index (χ3n) is 2.75. The number of carbonyl (C=O) groups is 3. The van der Waals surface area contributed by atoms with Crippen LogP contribution in [0, 0.1) is 5.92 Å². The van der Waals surface area contributed by atoms with Crippen molar-refractivity contribution in [2.24, 2.45) is 5.92 Å². The van der Waals surface area contributed by atoms with E-state index in [1.807, 2.05) is 0 Å². The zero-order valence-electron chi connectivity index (χ0n) is 10.3. The van der Waals surface area contributed by atoms with Crippen molar-refractivity contribution in [2.75, 3.05) is 33.4 Å². The number of likely N-dealkylation sites (tertiary alicyclic amines) is 1. The van der Waals surface area contributed by atoms with Gasteiger partial charge in [-0.3, -0.25) is 14.4 Å². The van der Waals surface area contributed by atoms with Gasteiger partial charge in [-0.25, -0.2) is 0 Å². The summed E-state index contributed by atoms with van der Waals surface area (Å²) in [5.41, 5.74) is 0. The molecule has 1 heterocycles. The van der Waals surface area contributed by atoms with Crippen LogP contribution in [0.1, 0.15) is 12.8 Å². The fourth-order valence-electron chi connectivity index (χ4n) is 1.76. The molecule has 1 aliphatic heterocycles. The van der Waals surface area contributed by atoms with Crippen LogP contribution in [0.15, 0.2) is 0 Å². The van der Waals surface area contributed by atoms with Crippen LogP contribution in [0.2, 0.25) is 0 Å². The predicted molar refractivity (Wildman–Crippen MR) is 61.8 cm³/mol. The van der Waals surface area contributed by atoms with Crippen LogP contribution in [0.4, 0.5) is 0 Å². The van der Waals surface area contributed by atoms with Crippen LogP contribution in [-0.4, -0.2) is 61.1 Å². The van der Waals surface area contributed by atoms with E-state index in [1.165, 1.54) is 4.90 Å². The lowest BCUT2D eigenvalue weighted by Gasteiger charge is -2.15. The van der Waals surface area contributed by atoms with Gasteiger partial charge in [0.05, 0.1) is 12.5 Å². The molecule has 0 aromatic heterocycles. The highest BCUT2D eigenvalue weighted by atomic mass is 16.5. The first-order valence-electron chi connectivity index (χ1n) is 5.80. The van der Waals surface area contributed by atoms with Gasteiger partial charge >= 0.3 is 5.97 Å². The summed E-state index contributed by atoms with van der Waals surface area (Å²) in [5, 5.41) is 11.4. The number of aliphatic carboxylic acids is 1. The van der Waals surface area contributed by atoms with Crippen LogP contribution in [0.3, 0.4) is 0 Å². The van der Waals surface area contributed by atoms with Crippen molar-refractivity contribution in [3.05, 3.63) is 0 Å². The number of hydrogen-bond donors (Lipinski definition) is 2. The van der Waals surface area contributed by atoms with Crippen molar-refractivity contribution >= 4 is 17.8 Å². The Morgan fingerprint density at radius 3 is 2.83 bits per heavy atom. The molecule has 7 heteroatoms. The first-order chi connectivity index (χ1) is 8.54. The molecule has 102 valence electrons. The highest BCUT2D eigenvalue weighted by Gasteiger charge is 2.34. The minimum atomic E-state index is -0.994. The first kappa shape index (κ1) is 14.4. The average molecular weight is 258 g/mol. The third kappa shape index (κ3) is 4.33. The van der Waals surface area contributed by atoms with Crippen molar-refractivity contribution in [3.63, 3.8) is 0 Å². The standard InChI is InChI=1S/C11H18N2O5/c1-18-4-2-3-12-9(14)7-13-6-8(11(16)17)5-10(13)15/h8H,2-7H2,1H3,(H,12,14)(H,16,17). The summed E-state index contributed by atoms with van der Waals surface area (Å²) in [5.74, 6) is -2.25. The number of rotatable bonds is 7. The Hall–Kier alpha value is -1.63. The van der Waals surface area contributed by atoms with E-state index < -0.39 is 11.9 Å². The van der Waals surface area contributed by atoms with Crippen molar-refractivity contribution in [1.29, 1.82) is 0 Å². The van der Waals surface area contributed by atoms with Gasteiger partial charge in [-0.1, -0.05) is 0 Å². The highest BCUT2D eigenvalue weighted by molar-refractivity contribution is 5.89. The average Bonchev–Trinajstić information content (AvgIpc) is 2.67. The molecule has 2 N–H and O–H groups in total. The molecule has 18 heavy (non-hydrogen) atoms. The van der Waals surface area contributed by atoms with Gasteiger partial charge in [-0.05, 0) is 6.42 Å². The van der Waals surface area contributed by atoms with Gasteiger partial charge in [0.15, 0.2) is 0 Å². The van der Waals surface area contributed by atoms with Gasteiger partial charge in [0.25, 0.3) is 0 Å². The lowest BCUT2D eigenvalue weighted by molar-refractivity contribution is -0.141. The summed E-state index contributed by atoms with van der Waals surface area (Å²) in [7, 11) is 1.58. The maximum Gasteiger partial charge on any atom is 0.308 e. The Morgan fingerprint density at radius 2 is 2.28 bits per heavy atom. The van der Waals surface area contributed by atoms with Crippen molar-refractivity contribution in [3.8, 4) is 0 Å². The molecular weight excluding hydrogens is 240 g/mol. The van der Waals surface area contributed by atoms with E-state index in [4.69, 9.17) is 9.84 Å². The van der Waals surface area contributed by atoms with Crippen LogP contribution >= 0.6 is 0 Å². The Kier molecular flexibility index (Phi) is 5.57. The van der Waals surface area contributed by atoms with E-state index in [9.17, 15) is 14.4 Å². The number of methoxy groups -OCH3 is 1. The Morgan fingerprint density at radius 1 is 1.56 bits per heavy atom. The zero-order valence-corrected chi connectivity index (χ0v) is 10.3. The minimum absolute atomic E-state index is 0.0215. The fourth-order valence-corrected chi connectivity index (χ4v) is 1.76. The molecule has 1 atom stereocenters. The Labute approximate surface area is 105 Å². The monoisotopic (exact) mass is 258 g/mol. The van der Waals surface area contributed by atoms with E-state index in [0.717, 1.165) is 0 Å². The fraction of sp³-hybridized carbons (Fsp3) is 0.727. The van der Waals surface area contributed by atoms with E-state index in [-0.39, 0.29) is 31.3 Å². The maximum absolute atomic E-state index is 11.5. The van der Waals surface area contributed by atoms with Crippen LogP contribution < -0.4 is 5.32 Å². The summed E-state index contributed by atoms with van der Waals surface area (Å²) in [6.07, 6.45) is 0.681. The zero-order chi connectivity index (χ0) is 13.5. The largest absolute Gasteiger partial charge is 0.481 e. The number of carboxylic acid groups (broad SMARTS) is 1. The van der Waals surface area contributed by atoms with Gasteiger partial charge in [0, 0.05) is 33.2 Å². The molecule has 0 radical (unpaired) electrons. The van der Waals surface area contributed by atoms with E-state index in [1.54, 1.807) is 7.11 Å². The second-order valence-electron chi connectivity index (χ2n) is 4.21. The number of carboxylic acids is 1. The smallest absolute Gasteiger partial charge is 0.308 e. The molecule has 0 aliphatic carbocycles. The van der Waals surface area contributed by atoms with E-state index in [0.29, 0.717) is 19.6 Å². The molecule has 0 aromatic rings. The Balaban J connectivity index is 2.28. The molecule has 1 aliphatic rings. The number of hydrogen-bond acceptors (Lipinski definition) is 4. The van der Waals surface area contributed by atoms with E-state index in [2.05, 4.69) is 5.32 Å². The number of carbonyl (C=O) groups excluding carboxylic acids is 2. The lowest BCUT2D eigenvalue weighted by Crippen LogP contribution is -2.38. The maximum atomic E-state index is 11.5. The summed E-state index contributed by atoms with van der Waals surface area (Å²) in [4.78, 5) is 35.0. The highest BCUT2D eigenvalue weighted by Crippen LogP contribution is 2.17. The quantitative estimate of drug-likeness (QED) is 0.575. The molecule has 0 aromatic carbocycles. The normalized spacial score (nSPS) is 19.1. The molecular formula is C11H18N2O5. The summed E-state index contributed by atoms with van der Waals surface area (Å²) >= 11 is 0. The molecule has 0 spiro atoms. The molecule has 0 saturated carbocycles. The van der Waals surface area contributed by atoms with Gasteiger partial charge in [-0.15, -0.1) is 0 Å². The van der Waals surface area contributed by atoms with Gasteiger partial charge in [-0.2, -0.15) is 0 Å². The summed E-state index contributed by atoms with van der Waals surface area (Å²) in [6, 6.07) is 0. The van der Waals surface area contributed by atoms with Crippen LogP contribution in [0.5, 0.6) is 0 Å². The Bertz CT molecular complexity index is 331. The van der Waals surface area contributed by atoms with Gasteiger partial charge in [0.2, 0.25) is 11.8 Å².